The molecular weight excluding hydrogens is 292 g/mol. The molecule has 0 bridgehead atoms. The number of hydrogen-bond donors (Lipinski definition) is 2. The second-order valence-corrected chi connectivity index (χ2v) is 5.20. The first kappa shape index (κ1) is 13.0. The van der Waals surface area contributed by atoms with Gasteiger partial charge in [-0.25, -0.2) is 4.98 Å². The number of imidazole rings is 1. The Balaban J connectivity index is 2.00. The SMILES string of the molecule is CN(C)c1ccc(CCc2[nH]c(N)nc2Br)cc1. The van der Waals surface area contributed by atoms with E-state index < -0.39 is 0 Å². The van der Waals surface area contributed by atoms with Crippen molar-refractivity contribution in [2.45, 2.75) is 12.8 Å². The van der Waals surface area contributed by atoms with Gasteiger partial charge in [-0.1, -0.05) is 12.1 Å². The van der Waals surface area contributed by atoms with Crippen LogP contribution in [-0.4, -0.2) is 24.1 Å². The van der Waals surface area contributed by atoms with Crippen molar-refractivity contribution in [1.82, 2.24) is 9.97 Å². The van der Waals surface area contributed by atoms with E-state index in [1.807, 2.05) is 14.1 Å². The van der Waals surface area contributed by atoms with Crippen molar-refractivity contribution < 1.29 is 0 Å². The predicted octanol–water partition coefficient (Wildman–Crippen LogP) is 2.61. The summed E-state index contributed by atoms with van der Waals surface area (Å²) < 4.78 is 0.810. The van der Waals surface area contributed by atoms with Gasteiger partial charge in [-0.15, -0.1) is 0 Å². The molecule has 0 aliphatic heterocycles. The lowest BCUT2D eigenvalue weighted by Crippen LogP contribution is -2.08. The number of nitrogens with zero attached hydrogens (tertiary/aromatic N) is 2. The van der Waals surface area contributed by atoms with E-state index in [4.69, 9.17) is 5.73 Å². The maximum Gasteiger partial charge on any atom is 0.198 e. The number of aromatic nitrogens is 2. The summed E-state index contributed by atoms with van der Waals surface area (Å²) in [6.07, 6.45) is 1.86. The van der Waals surface area contributed by atoms with Gasteiger partial charge >= 0.3 is 0 Å². The fraction of sp³-hybridized carbons (Fsp3) is 0.308. The zero-order valence-electron chi connectivity index (χ0n) is 10.6. The summed E-state index contributed by atoms with van der Waals surface area (Å²) in [4.78, 5) is 9.24. The van der Waals surface area contributed by atoms with E-state index in [1.54, 1.807) is 0 Å². The van der Waals surface area contributed by atoms with E-state index >= 15 is 0 Å². The molecule has 0 saturated heterocycles. The molecule has 0 radical (unpaired) electrons. The Morgan fingerprint density at radius 3 is 2.39 bits per heavy atom. The van der Waals surface area contributed by atoms with Gasteiger partial charge in [0.05, 0.1) is 5.69 Å². The van der Waals surface area contributed by atoms with Gasteiger partial charge in [-0.05, 0) is 46.5 Å². The molecule has 96 valence electrons. The maximum atomic E-state index is 5.60. The minimum atomic E-state index is 0.458. The van der Waals surface area contributed by atoms with Crippen LogP contribution in [0.3, 0.4) is 0 Å². The Morgan fingerprint density at radius 1 is 1.22 bits per heavy atom. The summed E-state index contributed by atoms with van der Waals surface area (Å²) in [5, 5.41) is 0. The number of aryl methyl sites for hydroxylation is 2. The fourth-order valence-corrected chi connectivity index (χ4v) is 2.29. The molecule has 0 unspecified atom stereocenters. The number of nitrogens with one attached hydrogen (secondary N) is 1. The van der Waals surface area contributed by atoms with Crippen molar-refractivity contribution in [2.75, 3.05) is 24.7 Å². The Kier molecular flexibility index (Phi) is 3.91. The Labute approximate surface area is 115 Å². The van der Waals surface area contributed by atoms with E-state index in [0.717, 1.165) is 23.1 Å². The van der Waals surface area contributed by atoms with Crippen LogP contribution in [0.15, 0.2) is 28.9 Å². The van der Waals surface area contributed by atoms with Crippen molar-refractivity contribution in [2.24, 2.45) is 0 Å². The second kappa shape index (κ2) is 5.44. The molecule has 18 heavy (non-hydrogen) atoms. The maximum absolute atomic E-state index is 5.60. The third kappa shape index (κ3) is 3.04. The molecule has 1 heterocycles. The zero-order valence-corrected chi connectivity index (χ0v) is 12.2. The first-order chi connectivity index (χ1) is 8.56. The van der Waals surface area contributed by atoms with Crippen molar-refractivity contribution >= 4 is 27.6 Å². The summed E-state index contributed by atoms with van der Waals surface area (Å²) in [5.41, 5.74) is 9.16. The molecule has 1 aromatic carbocycles. The molecule has 0 atom stereocenters. The quantitative estimate of drug-likeness (QED) is 0.913. The third-order valence-corrected chi connectivity index (χ3v) is 3.52. The number of aromatic amines is 1. The summed E-state index contributed by atoms with van der Waals surface area (Å²) in [6.45, 7) is 0. The average Bonchev–Trinajstić information content (AvgIpc) is 2.66. The Hall–Kier alpha value is -1.49. The topological polar surface area (TPSA) is 57.9 Å². The van der Waals surface area contributed by atoms with Crippen LogP contribution in [0.2, 0.25) is 0 Å². The second-order valence-electron chi connectivity index (χ2n) is 4.45. The minimum absolute atomic E-state index is 0.458. The molecular formula is C13H17BrN4. The fourth-order valence-electron chi connectivity index (χ4n) is 1.80. The smallest absolute Gasteiger partial charge is 0.198 e. The number of halogens is 1. The van der Waals surface area contributed by atoms with Crippen LogP contribution in [-0.2, 0) is 12.8 Å². The highest BCUT2D eigenvalue weighted by molar-refractivity contribution is 9.10. The minimum Gasteiger partial charge on any atom is -0.378 e. The van der Waals surface area contributed by atoms with Crippen LogP contribution >= 0.6 is 15.9 Å². The first-order valence-electron chi connectivity index (χ1n) is 5.82. The van der Waals surface area contributed by atoms with Gasteiger partial charge in [0.25, 0.3) is 0 Å². The highest BCUT2D eigenvalue weighted by Gasteiger charge is 2.05. The predicted molar refractivity (Wildman–Crippen MR) is 78.9 cm³/mol. The van der Waals surface area contributed by atoms with Crippen molar-refractivity contribution in [3.8, 4) is 0 Å². The summed E-state index contributed by atoms with van der Waals surface area (Å²) >= 11 is 3.39. The molecule has 2 rings (SSSR count). The normalized spacial score (nSPS) is 10.6. The van der Waals surface area contributed by atoms with Gasteiger partial charge in [-0.3, -0.25) is 0 Å². The van der Waals surface area contributed by atoms with Crippen LogP contribution in [0.1, 0.15) is 11.3 Å². The molecule has 0 aliphatic carbocycles. The summed E-state index contributed by atoms with van der Waals surface area (Å²) in [5.74, 6) is 0.458. The van der Waals surface area contributed by atoms with Crippen molar-refractivity contribution in [1.29, 1.82) is 0 Å². The Bertz CT molecular complexity index is 516. The lowest BCUT2D eigenvalue weighted by atomic mass is 10.1. The van der Waals surface area contributed by atoms with Crippen molar-refractivity contribution in [3.63, 3.8) is 0 Å². The molecule has 0 amide bonds. The van der Waals surface area contributed by atoms with E-state index in [0.29, 0.717) is 5.95 Å². The van der Waals surface area contributed by atoms with Crippen LogP contribution in [0.25, 0.3) is 0 Å². The molecule has 0 aliphatic rings. The van der Waals surface area contributed by atoms with Gasteiger partial charge < -0.3 is 15.6 Å². The van der Waals surface area contributed by atoms with Crippen LogP contribution < -0.4 is 10.6 Å². The number of nitrogen functional groups attached to an aromatic ring is 1. The zero-order chi connectivity index (χ0) is 13.1. The van der Waals surface area contributed by atoms with Crippen LogP contribution in [0, 0.1) is 0 Å². The van der Waals surface area contributed by atoms with Crippen LogP contribution in [0.5, 0.6) is 0 Å². The van der Waals surface area contributed by atoms with Gasteiger partial charge in [0.15, 0.2) is 5.95 Å². The molecule has 0 fully saturated rings. The highest BCUT2D eigenvalue weighted by Crippen LogP contribution is 2.18. The van der Waals surface area contributed by atoms with E-state index in [-0.39, 0.29) is 0 Å². The van der Waals surface area contributed by atoms with E-state index in [2.05, 4.69) is 55.1 Å². The number of rotatable bonds is 4. The molecule has 0 saturated carbocycles. The van der Waals surface area contributed by atoms with Crippen molar-refractivity contribution in [3.05, 3.63) is 40.1 Å². The van der Waals surface area contributed by atoms with E-state index in [9.17, 15) is 0 Å². The van der Waals surface area contributed by atoms with Gasteiger partial charge in [0.2, 0.25) is 0 Å². The van der Waals surface area contributed by atoms with Gasteiger partial charge in [0, 0.05) is 19.8 Å². The first-order valence-corrected chi connectivity index (χ1v) is 6.61. The molecule has 5 heteroatoms. The Morgan fingerprint density at radius 2 is 1.89 bits per heavy atom. The molecule has 0 spiro atoms. The number of anilines is 2. The summed E-state index contributed by atoms with van der Waals surface area (Å²) in [6, 6.07) is 8.57. The van der Waals surface area contributed by atoms with Gasteiger partial charge in [-0.2, -0.15) is 0 Å². The standard InChI is InChI=1S/C13H17BrN4/c1-18(2)10-6-3-9(4-7-10)5-8-11-12(14)17-13(15)16-11/h3-4,6-7H,5,8H2,1-2H3,(H3,15,16,17). The molecule has 1 aromatic heterocycles. The molecule has 2 aromatic rings. The van der Waals surface area contributed by atoms with Crippen LogP contribution in [0.4, 0.5) is 11.6 Å². The number of hydrogen-bond acceptors (Lipinski definition) is 3. The number of H-pyrrole nitrogens is 1. The number of benzene rings is 1. The monoisotopic (exact) mass is 308 g/mol. The van der Waals surface area contributed by atoms with E-state index in [1.165, 1.54) is 11.3 Å². The average molecular weight is 309 g/mol. The largest absolute Gasteiger partial charge is 0.378 e. The lowest BCUT2D eigenvalue weighted by Gasteiger charge is -2.12. The van der Waals surface area contributed by atoms with Gasteiger partial charge in [0.1, 0.15) is 4.60 Å². The summed E-state index contributed by atoms with van der Waals surface area (Å²) in [7, 11) is 4.08. The number of nitrogens with two attached hydrogens (primary N) is 1. The molecule has 3 N–H and O–H groups in total. The third-order valence-electron chi connectivity index (χ3n) is 2.86. The molecule has 4 nitrogen and oxygen atoms in total. The lowest BCUT2D eigenvalue weighted by molar-refractivity contribution is 0.920. The highest BCUT2D eigenvalue weighted by atomic mass is 79.9.